The minimum absolute atomic E-state index is 0. The van der Waals surface area contributed by atoms with E-state index in [4.69, 9.17) is 15.2 Å². The van der Waals surface area contributed by atoms with E-state index in [1.54, 1.807) is 0 Å². The third-order valence-electron chi connectivity index (χ3n) is 0.0781. The van der Waals surface area contributed by atoms with Gasteiger partial charge in [0, 0.05) is 0 Å². The smallest absolute Gasteiger partial charge is 1.00 e. The molecule has 0 aromatic rings. The zero-order valence-electron chi connectivity index (χ0n) is 4.21. The maximum Gasteiger partial charge on any atom is 1.00 e. The first-order chi connectivity index (χ1) is 2.27. The normalized spacial score (nSPS) is 5.50. The monoisotopic (exact) mass is 118 g/mol. The van der Waals surface area contributed by atoms with Gasteiger partial charge in [-0.1, -0.05) is 0 Å². The van der Waals surface area contributed by atoms with Gasteiger partial charge in [-0.15, -0.1) is 0 Å². The molecule has 0 aromatic heterocycles. The van der Waals surface area contributed by atoms with Gasteiger partial charge < -0.3 is 6.53 Å². The Kier molecular flexibility index (Phi) is 9.76. The molecule has 0 fully saturated rings. The molecule has 0 spiro atoms. The van der Waals surface area contributed by atoms with E-state index in [1.165, 1.54) is 0 Å². The van der Waals surface area contributed by atoms with E-state index in [0.29, 0.717) is 0 Å². The largest absolute Gasteiger partial charge is 1.00 e. The van der Waals surface area contributed by atoms with E-state index >= 15 is 0 Å². The van der Waals surface area contributed by atoms with Crippen LogP contribution in [0.4, 0.5) is 4.79 Å². The maximum absolute atomic E-state index is 8.90. The van der Waals surface area contributed by atoms with E-state index in [9.17, 15) is 0 Å². The third-order valence-corrected chi connectivity index (χ3v) is 0.0781. The van der Waals surface area contributed by atoms with Crippen molar-refractivity contribution in [1.29, 1.82) is 0 Å². The van der Waals surface area contributed by atoms with Crippen LogP contribution in [0, 0.1) is 0 Å². The Balaban J connectivity index is -0.0000000800. The molecule has 0 bridgehead atoms. The molecule has 0 heterocycles. The Bertz CT molecular complexity index is 47.0. The molecule has 0 radical (unpaired) electrons. The molecule has 0 aromatic carbocycles. The van der Waals surface area contributed by atoms with Gasteiger partial charge in [-0.05, 0) is 0 Å². The van der Waals surface area contributed by atoms with Gasteiger partial charge in [-0.3, -0.25) is 4.89 Å². The molecule has 4 nitrogen and oxygen atoms in total. The standard InChI is InChI=1S/CH2O4.K.H/c2-1(3)5-4;;/h4H,(H,2,3);;/q;+1;-1. The average Bonchev–Trinajstić information content (AvgIpc) is 1.38. The molecule has 0 atom stereocenters. The van der Waals surface area contributed by atoms with E-state index in [-0.39, 0.29) is 52.8 Å². The summed E-state index contributed by atoms with van der Waals surface area (Å²) >= 11 is 0. The molecule has 32 valence electrons. The summed E-state index contributed by atoms with van der Waals surface area (Å²) in [7, 11) is 0. The van der Waals surface area contributed by atoms with Crippen molar-refractivity contribution < 1.29 is 72.9 Å². The molecule has 0 amide bonds. The predicted octanol–water partition coefficient (Wildman–Crippen LogP) is -2.73. The van der Waals surface area contributed by atoms with Gasteiger partial charge in [0.05, 0.1) is 0 Å². The topological polar surface area (TPSA) is 66.8 Å². The molecule has 0 saturated carbocycles. The van der Waals surface area contributed by atoms with Crippen LogP contribution in [0.3, 0.4) is 0 Å². The van der Waals surface area contributed by atoms with Gasteiger partial charge in [0.1, 0.15) is 0 Å². The van der Waals surface area contributed by atoms with Crippen LogP contribution in [0.15, 0.2) is 0 Å². The Hall–Kier alpha value is 0.866. The van der Waals surface area contributed by atoms with Crippen molar-refractivity contribution in [2.45, 2.75) is 0 Å². The van der Waals surface area contributed by atoms with Crippen molar-refractivity contribution >= 4 is 6.16 Å². The van der Waals surface area contributed by atoms with Crippen molar-refractivity contribution in [3.63, 3.8) is 0 Å². The second-order valence-electron chi connectivity index (χ2n) is 0.357. The first kappa shape index (κ1) is 9.98. The van der Waals surface area contributed by atoms with E-state index < -0.39 is 6.16 Å². The minimum Gasteiger partial charge on any atom is -1.00 e. The molecular formula is CH3KO4. The van der Waals surface area contributed by atoms with E-state index in [2.05, 4.69) is 4.89 Å². The van der Waals surface area contributed by atoms with Crippen LogP contribution in [0.5, 0.6) is 0 Å². The van der Waals surface area contributed by atoms with Crippen LogP contribution in [-0.2, 0) is 4.89 Å². The fraction of sp³-hybridized carbons (Fsp3) is 0. The van der Waals surface area contributed by atoms with Crippen molar-refractivity contribution in [3.8, 4) is 0 Å². The van der Waals surface area contributed by atoms with Crippen LogP contribution in [-0.4, -0.2) is 16.5 Å². The Morgan fingerprint density at radius 3 is 2.00 bits per heavy atom. The second-order valence-corrected chi connectivity index (χ2v) is 0.357. The number of hydrogen-bond donors (Lipinski definition) is 2. The first-order valence-electron chi connectivity index (χ1n) is 0.814. The summed E-state index contributed by atoms with van der Waals surface area (Å²) in [4.78, 5) is 11.6. The van der Waals surface area contributed by atoms with Crippen LogP contribution >= 0.6 is 0 Å². The molecule has 5 heteroatoms. The zero-order valence-corrected chi connectivity index (χ0v) is 6.33. The number of rotatable bonds is 0. The van der Waals surface area contributed by atoms with Crippen molar-refractivity contribution in [3.05, 3.63) is 0 Å². The zero-order chi connectivity index (χ0) is 4.28. The molecule has 0 unspecified atom stereocenters. The molecule has 6 heavy (non-hydrogen) atoms. The van der Waals surface area contributed by atoms with Gasteiger partial charge in [0.25, 0.3) is 0 Å². The fourth-order valence-corrected chi connectivity index (χ4v) is 0. The Morgan fingerprint density at radius 2 is 2.00 bits per heavy atom. The van der Waals surface area contributed by atoms with Gasteiger partial charge >= 0.3 is 57.5 Å². The Morgan fingerprint density at radius 1 is 1.83 bits per heavy atom. The number of carbonyl (C=O) groups is 1. The average molecular weight is 118 g/mol. The van der Waals surface area contributed by atoms with Crippen molar-refractivity contribution in [2.24, 2.45) is 0 Å². The fourth-order valence-electron chi connectivity index (χ4n) is 0. The molecule has 0 aliphatic heterocycles. The van der Waals surface area contributed by atoms with Crippen molar-refractivity contribution in [2.75, 3.05) is 0 Å². The summed E-state index contributed by atoms with van der Waals surface area (Å²) in [5.41, 5.74) is 0. The van der Waals surface area contributed by atoms with Gasteiger partial charge in [-0.2, -0.15) is 5.26 Å². The summed E-state index contributed by atoms with van der Waals surface area (Å²) in [5, 5.41) is 14.3. The molecular weight excluding hydrogens is 115 g/mol. The van der Waals surface area contributed by atoms with Gasteiger partial charge in [-0.25, -0.2) is 4.79 Å². The van der Waals surface area contributed by atoms with E-state index in [1.807, 2.05) is 0 Å². The number of carboxylic acid groups (broad SMARTS) is 1. The SMILES string of the molecule is O=C(O)OO.[H-].[K+]. The summed E-state index contributed by atoms with van der Waals surface area (Å²) in [6, 6.07) is 0. The summed E-state index contributed by atoms with van der Waals surface area (Å²) in [6.07, 6.45) is -1.69. The second kappa shape index (κ2) is 5.87. The number of hydrogen-bond acceptors (Lipinski definition) is 3. The third kappa shape index (κ3) is 8.85. The van der Waals surface area contributed by atoms with Crippen LogP contribution < -0.4 is 51.4 Å². The van der Waals surface area contributed by atoms with E-state index in [0.717, 1.165) is 0 Å². The van der Waals surface area contributed by atoms with Gasteiger partial charge in [0.2, 0.25) is 0 Å². The van der Waals surface area contributed by atoms with Crippen molar-refractivity contribution in [1.82, 2.24) is 0 Å². The minimum atomic E-state index is -1.69. The van der Waals surface area contributed by atoms with Crippen LogP contribution in [0.2, 0.25) is 0 Å². The molecule has 0 aliphatic carbocycles. The first-order valence-corrected chi connectivity index (χ1v) is 0.814. The Labute approximate surface area is 77.9 Å². The van der Waals surface area contributed by atoms with Crippen LogP contribution in [0.1, 0.15) is 1.43 Å². The summed E-state index contributed by atoms with van der Waals surface area (Å²) in [6.45, 7) is 0. The van der Waals surface area contributed by atoms with Crippen LogP contribution in [0.25, 0.3) is 0 Å². The van der Waals surface area contributed by atoms with Gasteiger partial charge in [0.15, 0.2) is 0 Å². The summed E-state index contributed by atoms with van der Waals surface area (Å²) < 4.78 is 0. The molecule has 0 rings (SSSR count). The quantitative estimate of drug-likeness (QED) is 0.206. The summed E-state index contributed by atoms with van der Waals surface area (Å²) in [5.74, 6) is 0. The maximum atomic E-state index is 8.90. The molecule has 2 N–H and O–H groups in total. The molecule has 0 aliphatic rings. The predicted molar refractivity (Wildman–Crippen MR) is 12.9 cm³/mol. The molecule has 0 saturated heterocycles.